The Hall–Kier alpha value is -2.32. The maximum atomic E-state index is 9.07. The number of nitriles is 1. The van der Waals surface area contributed by atoms with E-state index in [9.17, 15) is 0 Å². The summed E-state index contributed by atoms with van der Waals surface area (Å²) in [5, 5.41) is 22.3. The van der Waals surface area contributed by atoms with Crippen molar-refractivity contribution in [2.75, 3.05) is 0 Å². The van der Waals surface area contributed by atoms with E-state index in [2.05, 4.69) is 18.1 Å². The third kappa shape index (κ3) is 3.12. The van der Waals surface area contributed by atoms with Crippen molar-refractivity contribution in [1.82, 2.24) is 9.78 Å². The molecule has 0 saturated heterocycles. The summed E-state index contributed by atoms with van der Waals surface area (Å²) in [7, 11) is 0. The molecule has 2 rings (SSSR count). The van der Waals surface area contributed by atoms with E-state index in [0.717, 1.165) is 13.0 Å². The molecule has 0 unspecified atom stereocenters. The zero-order valence-corrected chi connectivity index (χ0v) is 10.7. The molecule has 0 aliphatic rings. The van der Waals surface area contributed by atoms with Crippen LogP contribution in [-0.4, -0.2) is 14.9 Å². The predicted octanol–water partition coefficient (Wildman–Crippen LogP) is 2.45. The Morgan fingerprint density at radius 3 is 3.00 bits per heavy atom. The highest BCUT2D eigenvalue weighted by molar-refractivity contribution is 5.46. The molecule has 1 N–H and O–H groups in total. The quantitative estimate of drug-likeness (QED) is 0.893. The van der Waals surface area contributed by atoms with Gasteiger partial charge in [0.05, 0.1) is 24.6 Å². The number of aliphatic hydroxyl groups is 1. The van der Waals surface area contributed by atoms with Gasteiger partial charge in [-0.25, -0.2) is 0 Å². The number of ether oxygens (including phenoxy) is 1. The maximum absolute atomic E-state index is 9.07. The van der Waals surface area contributed by atoms with Crippen molar-refractivity contribution in [2.24, 2.45) is 0 Å². The lowest BCUT2D eigenvalue weighted by atomic mass is 10.1. The lowest BCUT2D eigenvalue weighted by Crippen LogP contribution is -1.95. The Kier molecular flexibility index (Phi) is 4.16. The lowest BCUT2D eigenvalue weighted by molar-refractivity contribution is 0.281. The molecule has 0 atom stereocenters. The van der Waals surface area contributed by atoms with Crippen LogP contribution in [0.5, 0.6) is 11.5 Å². The Labute approximate surface area is 111 Å². The SMILES string of the molecule is CCCn1cc(Oc2ccc(CO)cc2C#N)cn1. The van der Waals surface area contributed by atoms with Crippen LogP contribution in [0.4, 0.5) is 0 Å². The maximum Gasteiger partial charge on any atom is 0.165 e. The van der Waals surface area contributed by atoms with Gasteiger partial charge in [-0.1, -0.05) is 13.0 Å². The van der Waals surface area contributed by atoms with Crippen molar-refractivity contribution in [1.29, 1.82) is 5.26 Å². The predicted molar refractivity (Wildman–Crippen MR) is 69.7 cm³/mol. The van der Waals surface area contributed by atoms with Crippen molar-refractivity contribution in [3.63, 3.8) is 0 Å². The minimum atomic E-state index is -0.0939. The van der Waals surface area contributed by atoms with Crippen LogP contribution in [0, 0.1) is 11.3 Å². The molecule has 0 amide bonds. The summed E-state index contributed by atoms with van der Waals surface area (Å²) in [5.74, 6) is 1.07. The van der Waals surface area contributed by atoms with Crippen LogP contribution in [0.3, 0.4) is 0 Å². The van der Waals surface area contributed by atoms with E-state index < -0.39 is 0 Å². The van der Waals surface area contributed by atoms with E-state index in [1.807, 2.05) is 0 Å². The second kappa shape index (κ2) is 6.03. The first-order chi connectivity index (χ1) is 9.26. The van der Waals surface area contributed by atoms with Gasteiger partial charge in [0.2, 0.25) is 0 Å². The van der Waals surface area contributed by atoms with Crippen molar-refractivity contribution < 1.29 is 9.84 Å². The highest BCUT2D eigenvalue weighted by Gasteiger charge is 2.07. The molecule has 0 bridgehead atoms. The molecular weight excluding hydrogens is 242 g/mol. The summed E-state index contributed by atoms with van der Waals surface area (Å²) in [5.41, 5.74) is 1.08. The normalized spacial score (nSPS) is 10.2. The van der Waals surface area contributed by atoms with E-state index in [1.165, 1.54) is 0 Å². The minimum Gasteiger partial charge on any atom is -0.453 e. The molecule has 2 aromatic rings. The third-order valence-electron chi connectivity index (χ3n) is 2.64. The van der Waals surface area contributed by atoms with Crippen LogP contribution in [-0.2, 0) is 13.2 Å². The van der Waals surface area contributed by atoms with Crippen LogP contribution in [0.25, 0.3) is 0 Å². The number of hydrogen-bond acceptors (Lipinski definition) is 4. The van der Waals surface area contributed by atoms with Gasteiger partial charge in [-0.2, -0.15) is 10.4 Å². The molecule has 0 aliphatic heterocycles. The summed E-state index contributed by atoms with van der Waals surface area (Å²) in [6, 6.07) is 7.09. The molecule has 5 nitrogen and oxygen atoms in total. The van der Waals surface area contributed by atoms with E-state index in [1.54, 1.807) is 35.3 Å². The number of hydrogen-bond donors (Lipinski definition) is 1. The van der Waals surface area contributed by atoms with Gasteiger partial charge in [-0.3, -0.25) is 4.68 Å². The molecule has 1 aromatic carbocycles. The van der Waals surface area contributed by atoms with Gasteiger partial charge < -0.3 is 9.84 Å². The molecule has 0 spiro atoms. The van der Waals surface area contributed by atoms with Crippen molar-refractivity contribution in [2.45, 2.75) is 26.5 Å². The molecular formula is C14H15N3O2. The average molecular weight is 257 g/mol. The van der Waals surface area contributed by atoms with Crippen molar-refractivity contribution in [3.05, 3.63) is 41.7 Å². The van der Waals surface area contributed by atoms with Crippen LogP contribution < -0.4 is 4.74 Å². The van der Waals surface area contributed by atoms with E-state index in [4.69, 9.17) is 15.1 Å². The Balaban J connectivity index is 2.20. The number of aryl methyl sites for hydroxylation is 1. The molecule has 0 saturated carbocycles. The fraction of sp³-hybridized carbons (Fsp3) is 0.286. The third-order valence-corrected chi connectivity index (χ3v) is 2.64. The van der Waals surface area contributed by atoms with E-state index in [-0.39, 0.29) is 6.61 Å². The van der Waals surface area contributed by atoms with Crippen molar-refractivity contribution >= 4 is 0 Å². The monoisotopic (exact) mass is 257 g/mol. The van der Waals surface area contributed by atoms with Gasteiger partial charge in [0.1, 0.15) is 11.8 Å². The van der Waals surface area contributed by atoms with Crippen LogP contribution >= 0.6 is 0 Å². The first-order valence-corrected chi connectivity index (χ1v) is 6.11. The Morgan fingerprint density at radius 2 is 2.32 bits per heavy atom. The van der Waals surface area contributed by atoms with Gasteiger partial charge >= 0.3 is 0 Å². The second-order valence-electron chi connectivity index (χ2n) is 4.14. The first kappa shape index (κ1) is 13.1. The Bertz CT molecular complexity index is 599. The molecule has 1 aromatic heterocycles. The fourth-order valence-corrected chi connectivity index (χ4v) is 1.73. The topological polar surface area (TPSA) is 71.1 Å². The molecule has 98 valence electrons. The molecule has 0 radical (unpaired) electrons. The smallest absolute Gasteiger partial charge is 0.165 e. The van der Waals surface area contributed by atoms with E-state index >= 15 is 0 Å². The molecule has 0 aliphatic carbocycles. The molecule has 1 heterocycles. The number of benzene rings is 1. The zero-order chi connectivity index (χ0) is 13.7. The van der Waals surface area contributed by atoms with Crippen LogP contribution in [0.2, 0.25) is 0 Å². The molecule has 5 heteroatoms. The largest absolute Gasteiger partial charge is 0.453 e. The summed E-state index contributed by atoms with van der Waals surface area (Å²) in [4.78, 5) is 0. The summed E-state index contributed by atoms with van der Waals surface area (Å²) < 4.78 is 7.43. The minimum absolute atomic E-state index is 0.0939. The molecule has 0 fully saturated rings. The summed E-state index contributed by atoms with van der Waals surface area (Å²) >= 11 is 0. The number of aliphatic hydroxyl groups excluding tert-OH is 1. The van der Waals surface area contributed by atoms with E-state index in [0.29, 0.717) is 22.6 Å². The highest BCUT2D eigenvalue weighted by Crippen LogP contribution is 2.25. The van der Waals surface area contributed by atoms with Gasteiger partial charge in [0.25, 0.3) is 0 Å². The molecule has 19 heavy (non-hydrogen) atoms. The first-order valence-electron chi connectivity index (χ1n) is 6.11. The number of nitrogens with zero attached hydrogens (tertiary/aromatic N) is 3. The van der Waals surface area contributed by atoms with Crippen LogP contribution in [0.15, 0.2) is 30.6 Å². The van der Waals surface area contributed by atoms with Gasteiger partial charge in [-0.05, 0) is 24.1 Å². The number of aromatic nitrogens is 2. The fourth-order valence-electron chi connectivity index (χ4n) is 1.73. The van der Waals surface area contributed by atoms with Crippen molar-refractivity contribution in [3.8, 4) is 17.6 Å². The van der Waals surface area contributed by atoms with Gasteiger partial charge in [0.15, 0.2) is 5.75 Å². The van der Waals surface area contributed by atoms with Gasteiger partial charge in [-0.15, -0.1) is 0 Å². The van der Waals surface area contributed by atoms with Gasteiger partial charge in [0, 0.05) is 6.54 Å². The average Bonchev–Trinajstić information content (AvgIpc) is 2.87. The second-order valence-corrected chi connectivity index (χ2v) is 4.14. The Morgan fingerprint density at radius 1 is 1.47 bits per heavy atom. The summed E-state index contributed by atoms with van der Waals surface area (Å²) in [6.07, 6.45) is 4.41. The summed E-state index contributed by atoms with van der Waals surface area (Å²) in [6.45, 7) is 2.81. The zero-order valence-electron chi connectivity index (χ0n) is 10.7. The number of rotatable bonds is 5. The lowest BCUT2D eigenvalue weighted by Gasteiger charge is -2.06. The standard InChI is InChI=1S/C14H15N3O2/c1-2-5-17-9-13(8-16-17)19-14-4-3-11(10-18)6-12(14)7-15/h3-4,6,8-9,18H,2,5,10H2,1H3. The van der Waals surface area contributed by atoms with Crippen LogP contribution in [0.1, 0.15) is 24.5 Å². The highest BCUT2D eigenvalue weighted by atomic mass is 16.5.